The summed E-state index contributed by atoms with van der Waals surface area (Å²) in [4.78, 5) is 12.6. The van der Waals surface area contributed by atoms with Gasteiger partial charge in [-0.15, -0.1) is 12.6 Å². The van der Waals surface area contributed by atoms with E-state index in [1.165, 1.54) is 14.1 Å². The predicted octanol–water partition coefficient (Wildman–Crippen LogP) is 1.36. The summed E-state index contributed by atoms with van der Waals surface area (Å²) in [5.41, 5.74) is 0.426. The first-order chi connectivity index (χ1) is 8.74. The lowest BCUT2D eigenvalue weighted by atomic mass is 10.2. The van der Waals surface area contributed by atoms with E-state index >= 15 is 0 Å². The highest BCUT2D eigenvalue weighted by molar-refractivity contribution is 9.10. The second-order valence-corrected chi connectivity index (χ2v) is 7.69. The SMILES string of the molecule is CN(C)S(=O)(=O)CCNC(=O)c1cc(S)ccc1Br. The van der Waals surface area contributed by atoms with Crippen molar-refractivity contribution < 1.29 is 13.2 Å². The number of carbonyl (C=O) groups excluding carboxylic acids is 1. The zero-order chi connectivity index (χ0) is 14.6. The lowest BCUT2D eigenvalue weighted by Crippen LogP contribution is -2.34. The number of thiol groups is 1. The Morgan fingerprint density at radius 3 is 2.63 bits per heavy atom. The largest absolute Gasteiger partial charge is 0.351 e. The zero-order valence-corrected chi connectivity index (χ0v) is 13.8. The molecule has 0 fully saturated rings. The number of nitrogens with zero attached hydrogens (tertiary/aromatic N) is 1. The summed E-state index contributed by atoms with van der Waals surface area (Å²) in [7, 11) is -0.390. The molecule has 0 heterocycles. The Labute approximate surface area is 127 Å². The molecule has 0 aliphatic carbocycles. The predicted molar refractivity (Wildman–Crippen MR) is 81.2 cm³/mol. The highest BCUT2D eigenvalue weighted by Crippen LogP contribution is 2.20. The van der Waals surface area contributed by atoms with Crippen LogP contribution in [0.2, 0.25) is 0 Å². The number of halogens is 1. The van der Waals surface area contributed by atoms with Gasteiger partial charge in [-0.1, -0.05) is 0 Å². The third kappa shape index (κ3) is 4.79. The fourth-order valence-corrected chi connectivity index (χ4v) is 2.61. The number of carbonyl (C=O) groups is 1. The highest BCUT2D eigenvalue weighted by atomic mass is 79.9. The van der Waals surface area contributed by atoms with Crippen molar-refractivity contribution in [2.24, 2.45) is 0 Å². The van der Waals surface area contributed by atoms with E-state index in [1.807, 2.05) is 0 Å². The van der Waals surface area contributed by atoms with Crippen LogP contribution in [0.4, 0.5) is 0 Å². The summed E-state index contributed by atoms with van der Waals surface area (Å²) in [5, 5.41) is 2.57. The van der Waals surface area contributed by atoms with Gasteiger partial charge in [0.05, 0.1) is 11.3 Å². The van der Waals surface area contributed by atoms with Gasteiger partial charge in [0.1, 0.15) is 0 Å². The molecule has 0 spiro atoms. The van der Waals surface area contributed by atoms with Gasteiger partial charge >= 0.3 is 0 Å². The van der Waals surface area contributed by atoms with E-state index in [9.17, 15) is 13.2 Å². The molecule has 5 nitrogen and oxygen atoms in total. The van der Waals surface area contributed by atoms with E-state index in [2.05, 4.69) is 33.9 Å². The first-order valence-corrected chi connectivity index (χ1v) is 8.26. The monoisotopic (exact) mass is 366 g/mol. The van der Waals surface area contributed by atoms with E-state index in [0.717, 1.165) is 4.31 Å². The Balaban J connectivity index is 2.64. The lowest BCUT2D eigenvalue weighted by molar-refractivity contribution is 0.0955. The maximum atomic E-state index is 11.9. The van der Waals surface area contributed by atoms with Crippen molar-refractivity contribution in [3.63, 3.8) is 0 Å². The summed E-state index contributed by atoms with van der Waals surface area (Å²) < 4.78 is 24.8. The van der Waals surface area contributed by atoms with Crippen molar-refractivity contribution in [2.75, 3.05) is 26.4 Å². The third-order valence-corrected chi connectivity index (χ3v) is 5.20. The fourth-order valence-electron chi connectivity index (χ4n) is 1.26. The van der Waals surface area contributed by atoms with Gasteiger partial charge in [-0.3, -0.25) is 4.79 Å². The topological polar surface area (TPSA) is 66.5 Å². The van der Waals surface area contributed by atoms with Crippen LogP contribution in [0.1, 0.15) is 10.4 Å². The van der Waals surface area contributed by atoms with Crippen LogP contribution >= 0.6 is 28.6 Å². The number of amides is 1. The van der Waals surface area contributed by atoms with Crippen molar-refractivity contribution in [3.05, 3.63) is 28.2 Å². The van der Waals surface area contributed by atoms with Crippen LogP contribution in [0.15, 0.2) is 27.6 Å². The fraction of sp³-hybridized carbons (Fsp3) is 0.364. The van der Waals surface area contributed by atoms with Gasteiger partial charge in [0.15, 0.2) is 0 Å². The van der Waals surface area contributed by atoms with Gasteiger partial charge in [-0.2, -0.15) is 0 Å². The van der Waals surface area contributed by atoms with Crippen molar-refractivity contribution in [1.29, 1.82) is 0 Å². The summed E-state index contributed by atoms with van der Waals surface area (Å²) >= 11 is 7.42. The second-order valence-electron chi connectivity index (χ2n) is 4.02. The molecule has 19 heavy (non-hydrogen) atoms. The van der Waals surface area contributed by atoms with Crippen LogP contribution in [0.5, 0.6) is 0 Å². The molecule has 8 heteroatoms. The lowest BCUT2D eigenvalue weighted by Gasteiger charge is -2.12. The van der Waals surface area contributed by atoms with Crippen LogP contribution in [0.25, 0.3) is 0 Å². The molecule has 1 aromatic carbocycles. The van der Waals surface area contributed by atoms with E-state index in [1.54, 1.807) is 18.2 Å². The van der Waals surface area contributed by atoms with Crippen LogP contribution in [-0.4, -0.2) is 45.0 Å². The molecule has 1 N–H and O–H groups in total. The maximum absolute atomic E-state index is 11.9. The zero-order valence-electron chi connectivity index (χ0n) is 10.6. The smallest absolute Gasteiger partial charge is 0.252 e. The molecule has 0 bridgehead atoms. The van der Waals surface area contributed by atoms with Gasteiger partial charge in [0, 0.05) is 30.0 Å². The first-order valence-electron chi connectivity index (χ1n) is 5.41. The minimum atomic E-state index is -3.30. The second kappa shape index (κ2) is 6.74. The summed E-state index contributed by atoms with van der Waals surface area (Å²) in [6, 6.07) is 5.08. The molecule has 0 saturated carbocycles. The first kappa shape index (κ1) is 16.5. The molecule has 106 valence electrons. The molecule has 0 saturated heterocycles. The average Bonchev–Trinajstić information content (AvgIpc) is 2.31. The number of rotatable bonds is 5. The molecule has 0 aliphatic rings. The quantitative estimate of drug-likeness (QED) is 0.773. The minimum absolute atomic E-state index is 0.0581. The van der Waals surface area contributed by atoms with E-state index in [0.29, 0.717) is 14.9 Å². The molecule has 1 amide bonds. The van der Waals surface area contributed by atoms with Crippen LogP contribution in [0, 0.1) is 0 Å². The molecule has 0 unspecified atom stereocenters. The maximum Gasteiger partial charge on any atom is 0.252 e. The summed E-state index contributed by atoms with van der Waals surface area (Å²) in [5.74, 6) is -0.471. The van der Waals surface area contributed by atoms with Crippen LogP contribution in [-0.2, 0) is 10.0 Å². The minimum Gasteiger partial charge on any atom is -0.351 e. The van der Waals surface area contributed by atoms with E-state index in [-0.39, 0.29) is 18.2 Å². The van der Waals surface area contributed by atoms with Gasteiger partial charge in [-0.25, -0.2) is 12.7 Å². The molecule has 0 atom stereocenters. The molecule has 0 aromatic heterocycles. The Kier molecular flexibility index (Phi) is 5.84. The highest BCUT2D eigenvalue weighted by Gasteiger charge is 2.15. The Morgan fingerprint density at radius 1 is 1.42 bits per heavy atom. The Morgan fingerprint density at radius 2 is 2.05 bits per heavy atom. The normalized spacial score (nSPS) is 11.6. The third-order valence-electron chi connectivity index (χ3n) is 2.40. The van der Waals surface area contributed by atoms with Crippen molar-refractivity contribution in [2.45, 2.75) is 4.90 Å². The number of hydrogen-bond donors (Lipinski definition) is 2. The number of nitrogens with one attached hydrogen (secondary N) is 1. The van der Waals surface area contributed by atoms with Crippen LogP contribution < -0.4 is 5.32 Å². The van der Waals surface area contributed by atoms with E-state index < -0.39 is 10.0 Å². The molecule has 1 aromatic rings. The van der Waals surface area contributed by atoms with Gasteiger partial charge in [0.2, 0.25) is 10.0 Å². The van der Waals surface area contributed by atoms with Gasteiger partial charge in [-0.05, 0) is 34.1 Å². The summed E-state index contributed by atoms with van der Waals surface area (Å²) in [6.07, 6.45) is 0. The number of hydrogen-bond acceptors (Lipinski definition) is 4. The van der Waals surface area contributed by atoms with Crippen molar-refractivity contribution >= 4 is 44.5 Å². The molecular weight excluding hydrogens is 352 g/mol. The van der Waals surface area contributed by atoms with Crippen molar-refractivity contribution in [1.82, 2.24) is 9.62 Å². The Bertz CT molecular complexity index is 573. The Hall–Kier alpha value is -0.570. The molecular formula is C11H15BrN2O3S2. The molecule has 0 aliphatic heterocycles. The molecule has 0 radical (unpaired) electrons. The van der Waals surface area contributed by atoms with Gasteiger partial charge in [0.25, 0.3) is 5.91 Å². The van der Waals surface area contributed by atoms with Gasteiger partial charge < -0.3 is 5.32 Å². The number of benzene rings is 1. The van der Waals surface area contributed by atoms with E-state index in [4.69, 9.17) is 0 Å². The average molecular weight is 367 g/mol. The van der Waals surface area contributed by atoms with Crippen molar-refractivity contribution in [3.8, 4) is 0 Å². The standard InChI is InChI=1S/C11H15BrN2O3S2/c1-14(2)19(16,17)6-5-13-11(15)9-7-8(18)3-4-10(9)12/h3-4,7,18H,5-6H2,1-2H3,(H,13,15). The van der Waals surface area contributed by atoms with Crippen LogP contribution in [0.3, 0.4) is 0 Å². The molecule has 1 rings (SSSR count). The number of sulfonamides is 1. The summed E-state index contributed by atoms with van der Waals surface area (Å²) in [6.45, 7) is 0.0581.